The summed E-state index contributed by atoms with van der Waals surface area (Å²) >= 11 is 0. The van der Waals surface area contributed by atoms with Crippen molar-refractivity contribution in [1.29, 1.82) is 0 Å². The van der Waals surface area contributed by atoms with E-state index in [2.05, 4.69) is 41.2 Å². The Labute approximate surface area is 187 Å². The molecule has 6 heteroatoms. The maximum atomic E-state index is 6.27. The predicted octanol–water partition coefficient (Wildman–Crippen LogP) is 6.27. The Hall–Kier alpha value is -0.290. The molecule has 0 aromatic heterocycles. The van der Waals surface area contributed by atoms with Crippen LogP contribution in [0.1, 0.15) is 79.6 Å². The van der Waals surface area contributed by atoms with Crippen LogP contribution in [0.5, 0.6) is 0 Å². The molecule has 5 atom stereocenters. The molecule has 172 valence electrons. The molecule has 0 bridgehead atoms. The summed E-state index contributed by atoms with van der Waals surface area (Å²) in [6, 6.07) is 0. The molecular formula is C24H46B2O4. The predicted molar refractivity (Wildman–Crippen MR) is 128 cm³/mol. The largest absolute Gasteiger partial charge is 0.457 e. The van der Waals surface area contributed by atoms with Crippen LogP contribution >= 0.6 is 0 Å². The summed E-state index contributed by atoms with van der Waals surface area (Å²) in [5.74, 6) is 2.30. The van der Waals surface area contributed by atoms with Crippen molar-refractivity contribution in [2.45, 2.75) is 105 Å². The Morgan fingerprint density at radius 1 is 0.933 bits per heavy atom. The highest BCUT2D eigenvalue weighted by Crippen LogP contribution is 2.31. The van der Waals surface area contributed by atoms with Gasteiger partial charge in [0.25, 0.3) is 0 Å². The molecule has 2 saturated heterocycles. The van der Waals surface area contributed by atoms with Gasteiger partial charge in [0.2, 0.25) is 0 Å². The molecular weight excluding hydrogens is 374 g/mol. The van der Waals surface area contributed by atoms with Crippen LogP contribution in [0.25, 0.3) is 0 Å². The normalized spacial score (nSPS) is 25.2. The first kappa shape index (κ1) is 26.0. The third-order valence-corrected chi connectivity index (χ3v) is 7.24. The lowest BCUT2D eigenvalue weighted by Crippen LogP contribution is -2.26. The van der Waals surface area contributed by atoms with E-state index >= 15 is 0 Å². The van der Waals surface area contributed by atoms with Gasteiger partial charge >= 0.3 is 14.2 Å². The quantitative estimate of drug-likeness (QED) is 0.188. The molecule has 0 amide bonds. The van der Waals surface area contributed by atoms with E-state index in [1.807, 2.05) is 6.82 Å². The van der Waals surface area contributed by atoms with Crippen molar-refractivity contribution in [3.8, 4) is 0 Å². The molecule has 0 aromatic carbocycles. The first-order valence-electron chi connectivity index (χ1n) is 12.6. The molecule has 2 fully saturated rings. The number of hydrogen-bond donors (Lipinski definition) is 0. The van der Waals surface area contributed by atoms with Crippen LogP contribution in [-0.4, -0.2) is 39.7 Å². The Morgan fingerprint density at radius 3 is 2.13 bits per heavy atom. The summed E-state index contributed by atoms with van der Waals surface area (Å²) in [5, 5.41) is 0. The molecule has 0 saturated carbocycles. The van der Waals surface area contributed by atoms with Gasteiger partial charge in [-0.25, -0.2) is 0 Å². The SMILES string of the molecule is C=C(CC(CCCCC(CC)C1COB(C[C@@H](C)CC)O1)C1COB(C)O1)C(C)C. The Kier molecular flexibility index (Phi) is 11.5. The lowest BCUT2D eigenvalue weighted by atomic mass is 9.77. The zero-order valence-corrected chi connectivity index (χ0v) is 20.5. The average molecular weight is 420 g/mol. The summed E-state index contributed by atoms with van der Waals surface area (Å²) < 4.78 is 23.9. The van der Waals surface area contributed by atoms with Gasteiger partial charge in [-0.1, -0.05) is 72.5 Å². The van der Waals surface area contributed by atoms with E-state index in [0.717, 1.165) is 32.4 Å². The minimum absolute atomic E-state index is 0.00642. The van der Waals surface area contributed by atoms with Crippen molar-refractivity contribution in [2.24, 2.45) is 23.7 Å². The van der Waals surface area contributed by atoms with E-state index in [4.69, 9.17) is 18.6 Å². The highest BCUT2D eigenvalue weighted by atomic mass is 16.6. The minimum atomic E-state index is -0.0721. The van der Waals surface area contributed by atoms with Crippen molar-refractivity contribution in [1.82, 2.24) is 0 Å². The smallest absolute Gasteiger partial charge is 0.409 e. The second kappa shape index (κ2) is 13.3. The first-order valence-corrected chi connectivity index (χ1v) is 12.6. The fraction of sp³-hybridized carbons (Fsp3) is 0.917. The van der Waals surface area contributed by atoms with Crippen LogP contribution in [0, 0.1) is 23.7 Å². The second-order valence-electron chi connectivity index (χ2n) is 9.99. The van der Waals surface area contributed by atoms with Gasteiger partial charge in [0.1, 0.15) is 0 Å². The molecule has 0 aliphatic carbocycles. The maximum Gasteiger partial charge on any atom is 0.457 e. The van der Waals surface area contributed by atoms with Crippen molar-refractivity contribution in [3.05, 3.63) is 12.2 Å². The summed E-state index contributed by atoms with van der Waals surface area (Å²) in [6.07, 6.45) is 9.77. The van der Waals surface area contributed by atoms with Crippen molar-refractivity contribution in [3.63, 3.8) is 0 Å². The van der Waals surface area contributed by atoms with Crippen molar-refractivity contribution in [2.75, 3.05) is 13.2 Å². The van der Waals surface area contributed by atoms with Gasteiger partial charge in [-0.05, 0) is 56.1 Å². The average Bonchev–Trinajstić information content (AvgIpc) is 3.35. The van der Waals surface area contributed by atoms with Crippen LogP contribution in [0.15, 0.2) is 12.2 Å². The Balaban J connectivity index is 1.76. The van der Waals surface area contributed by atoms with E-state index < -0.39 is 0 Å². The number of allylic oxidation sites excluding steroid dienone is 1. The van der Waals surface area contributed by atoms with E-state index in [0.29, 0.717) is 23.7 Å². The van der Waals surface area contributed by atoms with Gasteiger partial charge in [0.15, 0.2) is 0 Å². The number of unbranched alkanes of at least 4 members (excludes halogenated alkanes) is 1. The third kappa shape index (κ3) is 8.33. The zero-order chi connectivity index (χ0) is 22.1. The molecule has 4 nitrogen and oxygen atoms in total. The highest BCUT2D eigenvalue weighted by Gasteiger charge is 2.36. The standard InChI is InChI=1S/C24H46B2O4/c1-8-19(5)15-26-28-17-23(30-26)21(9-2)12-10-11-13-22(14-20(6)18(3)4)24-16-27-25(7)29-24/h18-19,21-24H,6,8-17H2,1-5,7H3/t19-,21?,22?,23?,24?/m0/s1. The number of rotatable bonds is 14. The minimum Gasteiger partial charge on any atom is -0.409 e. The van der Waals surface area contributed by atoms with Gasteiger partial charge in [-0.3, -0.25) is 0 Å². The Bertz CT molecular complexity index is 502. The van der Waals surface area contributed by atoms with E-state index in [9.17, 15) is 0 Å². The van der Waals surface area contributed by atoms with Crippen LogP contribution in [0.4, 0.5) is 0 Å². The molecule has 2 heterocycles. The topological polar surface area (TPSA) is 36.9 Å². The molecule has 0 radical (unpaired) electrons. The van der Waals surface area contributed by atoms with Gasteiger partial charge in [0, 0.05) is 0 Å². The number of hydrogen-bond acceptors (Lipinski definition) is 4. The van der Waals surface area contributed by atoms with Gasteiger partial charge in [-0.15, -0.1) is 0 Å². The first-order chi connectivity index (χ1) is 14.3. The highest BCUT2D eigenvalue weighted by molar-refractivity contribution is 6.45. The van der Waals surface area contributed by atoms with Crippen LogP contribution < -0.4 is 0 Å². The molecule has 2 rings (SSSR count). The van der Waals surface area contributed by atoms with E-state index in [1.165, 1.54) is 37.7 Å². The summed E-state index contributed by atoms with van der Waals surface area (Å²) in [7, 11) is -0.0656. The van der Waals surface area contributed by atoms with Crippen LogP contribution in [0.3, 0.4) is 0 Å². The molecule has 0 N–H and O–H groups in total. The van der Waals surface area contributed by atoms with Crippen molar-refractivity contribution < 1.29 is 18.6 Å². The Morgan fingerprint density at radius 2 is 1.57 bits per heavy atom. The maximum absolute atomic E-state index is 6.27. The fourth-order valence-corrected chi connectivity index (χ4v) is 4.60. The third-order valence-electron chi connectivity index (χ3n) is 7.24. The van der Waals surface area contributed by atoms with Crippen LogP contribution in [-0.2, 0) is 18.6 Å². The lowest BCUT2D eigenvalue weighted by molar-refractivity contribution is 0.134. The second-order valence-corrected chi connectivity index (χ2v) is 9.99. The van der Waals surface area contributed by atoms with E-state index in [-0.39, 0.29) is 26.4 Å². The van der Waals surface area contributed by atoms with Crippen LogP contribution in [0.2, 0.25) is 13.1 Å². The fourth-order valence-electron chi connectivity index (χ4n) is 4.60. The molecule has 4 unspecified atom stereocenters. The summed E-state index contributed by atoms with van der Waals surface area (Å²) in [6.45, 7) is 19.1. The molecule has 2 aliphatic heterocycles. The van der Waals surface area contributed by atoms with E-state index in [1.54, 1.807) is 0 Å². The summed E-state index contributed by atoms with van der Waals surface area (Å²) in [4.78, 5) is 0. The lowest BCUT2D eigenvalue weighted by Gasteiger charge is -2.26. The van der Waals surface area contributed by atoms with Gasteiger partial charge in [0.05, 0.1) is 25.4 Å². The summed E-state index contributed by atoms with van der Waals surface area (Å²) in [5.41, 5.74) is 1.33. The van der Waals surface area contributed by atoms with Gasteiger partial charge in [-0.2, -0.15) is 0 Å². The van der Waals surface area contributed by atoms with Gasteiger partial charge < -0.3 is 18.6 Å². The molecule has 2 aliphatic rings. The molecule has 30 heavy (non-hydrogen) atoms. The zero-order valence-electron chi connectivity index (χ0n) is 20.5. The molecule has 0 aromatic rings. The van der Waals surface area contributed by atoms with Crippen molar-refractivity contribution >= 4 is 14.2 Å². The monoisotopic (exact) mass is 420 g/mol. The molecule has 0 spiro atoms.